The van der Waals surface area contributed by atoms with Gasteiger partial charge in [-0.1, -0.05) is 6.07 Å². The summed E-state index contributed by atoms with van der Waals surface area (Å²) in [5.74, 6) is -1.15. The summed E-state index contributed by atoms with van der Waals surface area (Å²) in [6, 6.07) is 7.77. The van der Waals surface area contributed by atoms with Crippen molar-refractivity contribution in [3.05, 3.63) is 42.1 Å². The van der Waals surface area contributed by atoms with E-state index in [1.807, 2.05) is 0 Å². The fraction of sp³-hybridized carbons (Fsp3) is 0.0909. The Morgan fingerprint density at radius 3 is 2.80 bits per heavy atom. The number of benzene rings is 1. The summed E-state index contributed by atoms with van der Waals surface area (Å²) in [7, 11) is 0. The molecule has 0 fully saturated rings. The Morgan fingerprint density at radius 1 is 1.27 bits per heavy atom. The molecule has 0 saturated carbocycles. The van der Waals surface area contributed by atoms with Gasteiger partial charge in [0.15, 0.2) is 0 Å². The summed E-state index contributed by atoms with van der Waals surface area (Å²) in [6.07, 6.45) is -1.35. The van der Waals surface area contributed by atoms with Crippen LogP contribution in [0.2, 0.25) is 0 Å². The number of ketones is 1. The molecule has 0 radical (unpaired) electrons. The van der Waals surface area contributed by atoms with Gasteiger partial charge in [0, 0.05) is 17.1 Å². The molecule has 0 bridgehead atoms. The van der Waals surface area contributed by atoms with Crippen LogP contribution in [0.3, 0.4) is 0 Å². The molecule has 2 rings (SSSR count). The summed E-state index contributed by atoms with van der Waals surface area (Å²) in [5.41, 5.74) is 0.703. The third-order valence-electron chi connectivity index (χ3n) is 2.09. The van der Waals surface area contributed by atoms with Gasteiger partial charge < -0.3 is 0 Å². The Bertz CT molecular complexity index is 511. The van der Waals surface area contributed by atoms with Crippen LogP contribution in [0.5, 0.6) is 0 Å². The van der Waals surface area contributed by atoms with Crippen LogP contribution >= 0.6 is 0 Å². The van der Waals surface area contributed by atoms with Gasteiger partial charge in [0.25, 0.3) is 0 Å². The molecule has 76 valence electrons. The smallest absolute Gasteiger partial charge is 0.288 e. The van der Waals surface area contributed by atoms with Gasteiger partial charge in [0.2, 0.25) is 5.78 Å². The third kappa shape index (κ3) is 1.83. The quantitative estimate of drug-likeness (QED) is 0.708. The molecule has 2 nitrogen and oxygen atoms in total. The second-order valence-electron chi connectivity index (χ2n) is 3.08. The molecule has 0 aliphatic carbocycles. The molecule has 0 aliphatic heterocycles. The van der Waals surface area contributed by atoms with E-state index in [-0.39, 0.29) is 5.56 Å². The average molecular weight is 207 g/mol. The van der Waals surface area contributed by atoms with Crippen LogP contribution in [-0.4, -0.2) is 17.2 Å². The first-order valence-corrected chi connectivity index (χ1v) is 4.35. The molecule has 0 saturated heterocycles. The summed E-state index contributed by atoms with van der Waals surface area (Å²) in [6.45, 7) is 0. The molecular formula is C11H7F2NO. The predicted octanol–water partition coefficient (Wildman–Crippen LogP) is 2.68. The number of Topliss-reactive ketones (excluding diaryl/α,β-unsaturated/α-hetero) is 1. The number of hydrogen-bond acceptors (Lipinski definition) is 2. The van der Waals surface area contributed by atoms with E-state index < -0.39 is 12.2 Å². The maximum atomic E-state index is 12.1. The lowest BCUT2D eigenvalue weighted by molar-refractivity contribution is 0.0679. The molecular weight excluding hydrogens is 200 g/mol. The molecule has 1 aromatic heterocycles. The minimum absolute atomic E-state index is 0.0190. The number of carbonyl (C=O) groups excluding carboxylic acids is 1. The van der Waals surface area contributed by atoms with E-state index in [0.29, 0.717) is 10.9 Å². The standard InChI is InChI=1S/C11H7F2NO/c12-11(13)10(15)8-3-4-9-7(6-8)2-1-5-14-9/h1-6,11H. The Kier molecular flexibility index (Phi) is 2.41. The van der Waals surface area contributed by atoms with E-state index in [1.54, 1.807) is 24.4 Å². The summed E-state index contributed by atoms with van der Waals surface area (Å²) < 4.78 is 24.3. The Balaban J connectivity index is 2.52. The highest BCUT2D eigenvalue weighted by Crippen LogP contribution is 2.15. The molecule has 0 atom stereocenters. The minimum Gasteiger partial charge on any atom is -0.288 e. The number of alkyl halides is 2. The van der Waals surface area contributed by atoms with Crippen molar-refractivity contribution in [2.45, 2.75) is 6.43 Å². The van der Waals surface area contributed by atoms with E-state index in [0.717, 1.165) is 0 Å². The predicted molar refractivity (Wildman–Crippen MR) is 52.1 cm³/mol. The van der Waals surface area contributed by atoms with E-state index in [2.05, 4.69) is 4.98 Å². The van der Waals surface area contributed by atoms with Gasteiger partial charge in [-0.25, -0.2) is 8.78 Å². The lowest BCUT2D eigenvalue weighted by Gasteiger charge is -2.01. The number of nitrogens with zero attached hydrogens (tertiary/aromatic N) is 1. The largest absolute Gasteiger partial charge is 0.300 e. The van der Waals surface area contributed by atoms with Gasteiger partial charge >= 0.3 is 6.43 Å². The van der Waals surface area contributed by atoms with E-state index >= 15 is 0 Å². The number of pyridine rings is 1. The number of rotatable bonds is 2. The highest BCUT2D eigenvalue weighted by molar-refractivity contribution is 6.01. The summed E-state index contributed by atoms with van der Waals surface area (Å²) in [4.78, 5) is 15.0. The Morgan fingerprint density at radius 2 is 2.07 bits per heavy atom. The number of carbonyl (C=O) groups is 1. The van der Waals surface area contributed by atoms with Crippen LogP contribution in [0.15, 0.2) is 36.5 Å². The minimum atomic E-state index is -2.96. The average Bonchev–Trinajstić information content (AvgIpc) is 2.27. The maximum Gasteiger partial charge on any atom is 0.300 e. The Hall–Kier alpha value is -1.84. The lowest BCUT2D eigenvalue weighted by atomic mass is 10.1. The van der Waals surface area contributed by atoms with Crippen LogP contribution in [0, 0.1) is 0 Å². The molecule has 0 amide bonds. The van der Waals surface area contributed by atoms with Crippen molar-refractivity contribution in [1.82, 2.24) is 4.98 Å². The van der Waals surface area contributed by atoms with Gasteiger partial charge in [0.05, 0.1) is 5.52 Å². The van der Waals surface area contributed by atoms with Gasteiger partial charge in [-0.15, -0.1) is 0 Å². The molecule has 0 unspecified atom stereocenters. The summed E-state index contributed by atoms with van der Waals surface area (Å²) >= 11 is 0. The first-order valence-electron chi connectivity index (χ1n) is 4.35. The van der Waals surface area contributed by atoms with Crippen molar-refractivity contribution in [3.63, 3.8) is 0 Å². The monoisotopic (exact) mass is 207 g/mol. The highest BCUT2D eigenvalue weighted by atomic mass is 19.3. The van der Waals surface area contributed by atoms with Gasteiger partial charge in [-0.3, -0.25) is 9.78 Å². The molecule has 0 N–H and O–H groups in total. The normalized spacial score (nSPS) is 10.9. The fourth-order valence-corrected chi connectivity index (χ4v) is 1.35. The Labute approximate surface area is 84.6 Å². The van der Waals surface area contributed by atoms with Crippen molar-refractivity contribution in [2.24, 2.45) is 0 Å². The van der Waals surface area contributed by atoms with Gasteiger partial charge in [-0.05, 0) is 24.3 Å². The zero-order chi connectivity index (χ0) is 10.8. The molecule has 2 aromatic rings. The number of hydrogen-bond donors (Lipinski definition) is 0. The van der Waals surface area contributed by atoms with Crippen LogP contribution in [0.25, 0.3) is 10.9 Å². The van der Waals surface area contributed by atoms with Crippen molar-refractivity contribution in [2.75, 3.05) is 0 Å². The molecule has 1 heterocycles. The fourth-order valence-electron chi connectivity index (χ4n) is 1.35. The molecule has 1 aromatic carbocycles. The second kappa shape index (κ2) is 3.73. The molecule has 0 spiro atoms. The molecule has 15 heavy (non-hydrogen) atoms. The van der Waals surface area contributed by atoms with Crippen molar-refractivity contribution in [1.29, 1.82) is 0 Å². The zero-order valence-electron chi connectivity index (χ0n) is 7.65. The van der Waals surface area contributed by atoms with Crippen LogP contribution < -0.4 is 0 Å². The second-order valence-corrected chi connectivity index (χ2v) is 3.08. The van der Waals surface area contributed by atoms with Crippen LogP contribution in [0.4, 0.5) is 8.78 Å². The SMILES string of the molecule is O=C(c1ccc2ncccc2c1)C(F)F. The lowest BCUT2D eigenvalue weighted by Crippen LogP contribution is -2.09. The van der Waals surface area contributed by atoms with Crippen molar-refractivity contribution in [3.8, 4) is 0 Å². The number of aromatic nitrogens is 1. The first kappa shape index (κ1) is 9.71. The van der Waals surface area contributed by atoms with E-state index in [1.165, 1.54) is 12.1 Å². The first-order chi connectivity index (χ1) is 7.18. The molecule has 0 aliphatic rings. The van der Waals surface area contributed by atoms with Crippen LogP contribution in [0.1, 0.15) is 10.4 Å². The topological polar surface area (TPSA) is 30.0 Å². The zero-order valence-corrected chi connectivity index (χ0v) is 7.65. The number of fused-ring (bicyclic) bond motifs is 1. The van der Waals surface area contributed by atoms with E-state index in [4.69, 9.17) is 0 Å². The van der Waals surface area contributed by atoms with Gasteiger partial charge in [-0.2, -0.15) is 0 Å². The summed E-state index contributed by atoms with van der Waals surface area (Å²) in [5, 5.41) is 0.684. The third-order valence-corrected chi connectivity index (χ3v) is 2.09. The number of halogens is 2. The van der Waals surface area contributed by atoms with Gasteiger partial charge in [0.1, 0.15) is 0 Å². The van der Waals surface area contributed by atoms with E-state index in [9.17, 15) is 13.6 Å². The molecule has 4 heteroatoms. The van der Waals surface area contributed by atoms with Crippen molar-refractivity contribution >= 4 is 16.7 Å². The van der Waals surface area contributed by atoms with Crippen LogP contribution in [-0.2, 0) is 0 Å². The highest BCUT2D eigenvalue weighted by Gasteiger charge is 2.17. The maximum absolute atomic E-state index is 12.1. The van der Waals surface area contributed by atoms with Crippen molar-refractivity contribution < 1.29 is 13.6 Å².